The molecule has 2 N–H and O–H groups in total. The van der Waals surface area contributed by atoms with E-state index in [1.807, 2.05) is 0 Å². The van der Waals surface area contributed by atoms with Gasteiger partial charge in [-0.3, -0.25) is 4.79 Å². The van der Waals surface area contributed by atoms with Gasteiger partial charge in [-0.25, -0.2) is 4.79 Å². The number of anilines is 1. The smallest absolute Gasteiger partial charge is 0.336 e. The second kappa shape index (κ2) is 5.66. The van der Waals surface area contributed by atoms with Gasteiger partial charge >= 0.3 is 5.97 Å². The Balaban J connectivity index is 2.50. The van der Waals surface area contributed by atoms with Crippen LogP contribution in [0, 0.1) is 0 Å². The fraction of sp³-hybridized carbons (Fsp3) is 0.125. The summed E-state index contributed by atoms with van der Waals surface area (Å²) in [6.45, 7) is 0. The third-order valence-electron chi connectivity index (χ3n) is 3.12. The summed E-state index contributed by atoms with van der Waals surface area (Å²) < 4.78 is 0. The van der Waals surface area contributed by atoms with Crippen LogP contribution in [0.5, 0.6) is 5.75 Å². The van der Waals surface area contributed by atoms with Gasteiger partial charge in [-0.2, -0.15) is 0 Å². The first-order chi connectivity index (χ1) is 9.90. The highest BCUT2D eigenvalue weighted by atomic mass is 16.4. The van der Waals surface area contributed by atoms with Crippen LogP contribution < -0.4 is 4.90 Å². The molecule has 21 heavy (non-hydrogen) atoms. The van der Waals surface area contributed by atoms with Gasteiger partial charge in [0.1, 0.15) is 5.75 Å². The normalized spacial score (nSPS) is 10.2. The van der Waals surface area contributed by atoms with Crippen LogP contribution in [-0.4, -0.2) is 36.1 Å². The lowest BCUT2D eigenvalue weighted by Gasteiger charge is -2.14. The first-order valence-electron chi connectivity index (χ1n) is 6.28. The summed E-state index contributed by atoms with van der Waals surface area (Å²) in [5, 5.41) is 18.5. The Morgan fingerprint density at radius 1 is 0.952 bits per heavy atom. The number of ketones is 1. The van der Waals surface area contributed by atoms with E-state index in [9.17, 15) is 19.8 Å². The summed E-state index contributed by atoms with van der Waals surface area (Å²) in [4.78, 5) is 25.5. The van der Waals surface area contributed by atoms with Crippen LogP contribution in [0.1, 0.15) is 26.3 Å². The summed E-state index contributed by atoms with van der Waals surface area (Å²) >= 11 is 0. The molecule has 0 aromatic heterocycles. The molecule has 0 bridgehead atoms. The van der Waals surface area contributed by atoms with Gasteiger partial charge in [-0.05, 0) is 42.5 Å². The number of phenolic OH excluding ortho intramolecular Hbond substituents is 1. The van der Waals surface area contributed by atoms with Gasteiger partial charge in [0.25, 0.3) is 0 Å². The zero-order chi connectivity index (χ0) is 15.6. The summed E-state index contributed by atoms with van der Waals surface area (Å²) in [6, 6.07) is 10.4. The highest BCUT2D eigenvalue weighted by molar-refractivity contribution is 6.14. The number of phenols is 1. The van der Waals surface area contributed by atoms with Gasteiger partial charge in [0.05, 0.1) is 5.56 Å². The predicted octanol–water partition coefficient (Wildman–Crippen LogP) is 2.39. The van der Waals surface area contributed by atoms with Crippen molar-refractivity contribution >= 4 is 17.4 Å². The van der Waals surface area contributed by atoms with Crippen molar-refractivity contribution in [3.05, 3.63) is 59.2 Å². The van der Waals surface area contributed by atoms with Gasteiger partial charge in [0, 0.05) is 30.9 Å². The Kier molecular flexibility index (Phi) is 3.93. The Bertz CT molecular complexity index is 690. The molecule has 0 unspecified atom stereocenters. The molecule has 0 aliphatic heterocycles. The first-order valence-corrected chi connectivity index (χ1v) is 6.28. The maximum atomic E-state index is 12.4. The van der Waals surface area contributed by atoms with Crippen LogP contribution in [0.3, 0.4) is 0 Å². The zero-order valence-electron chi connectivity index (χ0n) is 11.7. The number of carbonyl (C=O) groups excluding carboxylic acids is 1. The van der Waals surface area contributed by atoms with Crippen molar-refractivity contribution in [1.82, 2.24) is 0 Å². The second-order valence-corrected chi connectivity index (χ2v) is 4.81. The van der Waals surface area contributed by atoms with E-state index in [-0.39, 0.29) is 16.9 Å². The topological polar surface area (TPSA) is 77.8 Å². The largest absolute Gasteiger partial charge is 0.508 e. The molecule has 0 aliphatic carbocycles. The van der Waals surface area contributed by atoms with E-state index in [1.165, 1.54) is 36.4 Å². The number of aromatic carboxylic acids is 1. The number of nitrogens with zero attached hydrogens (tertiary/aromatic N) is 1. The van der Waals surface area contributed by atoms with Crippen LogP contribution in [0.25, 0.3) is 0 Å². The van der Waals surface area contributed by atoms with E-state index < -0.39 is 11.8 Å². The highest BCUT2D eigenvalue weighted by Gasteiger charge is 2.19. The van der Waals surface area contributed by atoms with Gasteiger partial charge in [-0.1, -0.05) is 0 Å². The van der Waals surface area contributed by atoms with Crippen LogP contribution >= 0.6 is 0 Å². The fourth-order valence-corrected chi connectivity index (χ4v) is 1.95. The second-order valence-electron chi connectivity index (χ2n) is 4.81. The number of carboxylic acid groups (broad SMARTS) is 1. The van der Waals surface area contributed by atoms with Gasteiger partial charge in [0.2, 0.25) is 0 Å². The van der Waals surface area contributed by atoms with Crippen LogP contribution in [-0.2, 0) is 0 Å². The van der Waals surface area contributed by atoms with Crippen molar-refractivity contribution < 1.29 is 19.8 Å². The molecule has 2 aromatic carbocycles. The predicted molar refractivity (Wildman–Crippen MR) is 79.3 cm³/mol. The summed E-state index contributed by atoms with van der Waals surface area (Å²) in [7, 11) is 3.59. The number of rotatable bonds is 4. The van der Waals surface area contributed by atoms with Crippen molar-refractivity contribution in [2.75, 3.05) is 19.0 Å². The van der Waals surface area contributed by atoms with Crippen LogP contribution in [0.2, 0.25) is 0 Å². The lowest BCUT2D eigenvalue weighted by molar-refractivity contribution is 0.0693. The monoisotopic (exact) mass is 285 g/mol. The minimum absolute atomic E-state index is 0.0423. The molecule has 0 spiro atoms. The lowest BCUT2D eigenvalue weighted by Crippen LogP contribution is -2.13. The average molecular weight is 285 g/mol. The molecule has 0 saturated carbocycles. The van der Waals surface area contributed by atoms with Gasteiger partial charge in [-0.15, -0.1) is 0 Å². The minimum Gasteiger partial charge on any atom is -0.508 e. The molecule has 0 heterocycles. The van der Waals surface area contributed by atoms with Crippen molar-refractivity contribution in [2.45, 2.75) is 0 Å². The molecule has 108 valence electrons. The average Bonchev–Trinajstić information content (AvgIpc) is 2.46. The summed E-state index contributed by atoms with van der Waals surface area (Å²) in [5.74, 6) is -1.49. The van der Waals surface area contributed by atoms with E-state index in [0.717, 1.165) is 0 Å². The Labute approximate surface area is 122 Å². The molecule has 5 nitrogen and oxygen atoms in total. The van der Waals surface area contributed by atoms with Gasteiger partial charge < -0.3 is 15.1 Å². The van der Waals surface area contributed by atoms with Crippen molar-refractivity contribution in [1.29, 1.82) is 0 Å². The molecule has 0 fully saturated rings. The molecular weight excluding hydrogens is 270 g/mol. The van der Waals surface area contributed by atoms with Crippen LogP contribution in [0.15, 0.2) is 42.5 Å². The Hall–Kier alpha value is -2.82. The molecule has 0 atom stereocenters. The maximum Gasteiger partial charge on any atom is 0.336 e. The molecular formula is C16H15NO4. The third-order valence-corrected chi connectivity index (χ3v) is 3.12. The third kappa shape index (κ3) is 3.02. The van der Waals surface area contributed by atoms with E-state index in [2.05, 4.69) is 0 Å². The number of benzene rings is 2. The highest BCUT2D eigenvalue weighted by Crippen LogP contribution is 2.22. The SMILES string of the molecule is CN(C)c1ccc(C(=O)c2ccc(O)cc2)c(C(=O)O)c1. The number of hydrogen-bond acceptors (Lipinski definition) is 4. The van der Waals surface area contributed by atoms with Crippen LogP contribution in [0.4, 0.5) is 5.69 Å². The lowest BCUT2D eigenvalue weighted by atomic mass is 9.97. The fourth-order valence-electron chi connectivity index (χ4n) is 1.95. The molecule has 2 aromatic rings. The van der Waals surface area contributed by atoms with E-state index >= 15 is 0 Å². The van der Waals surface area contributed by atoms with Crippen molar-refractivity contribution in [3.63, 3.8) is 0 Å². The quantitative estimate of drug-likeness (QED) is 0.843. The maximum absolute atomic E-state index is 12.4. The van der Waals surface area contributed by atoms with Crippen molar-refractivity contribution in [3.8, 4) is 5.75 Å². The first kappa shape index (κ1) is 14.6. The molecule has 0 aliphatic rings. The molecule has 0 amide bonds. The van der Waals surface area contributed by atoms with E-state index in [1.54, 1.807) is 25.1 Å². The minimum atomic E-state index is -1.15. The summed E-state index contributed by atoms with van der Waals surface area (Å²) in [5.41, 5.74) is 1.11. The molecule has 0 radical (unpaired) electrons. The molecule has 5 heteroatoms. The van der Waals surface area contributed by atoms with Gasteiger partial charge in [0.15, 0.2) is 5.78 Å². The Morgan fingerprint density at radius 2 is 1.57 bits per heavy atom. The van der Waals surface area contributed by atoms with Crippen molar-refractivity contribution in [2.24, 2.45) is 0 Å². The number of aromatic hydroxyl groups is 1. The summed E-state index contributed by atoms with van der Waals surface area (Å²) in [6.07, 6.45) is 0. The Morgan fingerprint density at radius 3 is 2.10 bits per heavy atom. The number of hydrogen-bond donors (Lipinski definition) is 2. The zero-order valence-corrected chi connectivity index (χ0v) is 11.7. The van der Waals surface area contributed by atoms with E-state index in [4.69, 9.17) is 0 Å². The standard InChI is InChI=1S/C16H15NO4/c1-17(2)11-5-8-13(14(9-11)16(20)21)15(19)10-3-6-12(18)7-4-10/h3-9,18H,1-2H3,(H,20,21). The number of carboxylic acids is 1. The molecule has 0 saturated heterocycles. The molecule has 2 rings (SSSR count). The van der Waals surface area contributed by atoms with E-state index in [0.29, 0.717) is 11.3 Å². The number of carbonyl (C=O) groups is 2.